The molecule has 4 N–H and O–H groups in total. The van der Waals surface area contributed by atoms with Crippen LogP contribution in [-0.4, -0.2) is 32.0 Å². The lowest BCUT2D eigenvalue weighted by Gasteiger charge is -2.26. The topological polar surface area (TPSA) is 85.1 Å². The quantitative estimate of drug-likeness (QED) is 0.488. The lowest BCUT2D eigenvalue weighted by Crippen LogP contribution is -2.36. The molecule has 24 heavy (non-hydrogen) atoms. The van der Waals surface area contributed by atoms with E-state index in [0.717, 1.165) is 18.2 Å². The van der Waals surface area contributed by atoms with Crippen LogP contribution in [0.15, 0.2) is 34.6 Å². The Kier molecular flexibility index (Phi) is 5.41. The van der Waals surface area contributed by atoms with Crippen LogP contribution in [0.5, 0.6) is 0 Å². The smallest absolute Gasteiger partial charge is 0.416 e. The number of halogens is 4. The van der Waals surface area contributed by atoms with Crippen molar-refractivity contribution in [3.8, 4) is 0 Å². The van der Waals surface area contributed by atoms with Crippen LogP contribution >= 0.6 is 11.8 Å². The van der Waals surface area contributed by atoms with Crippen molar-refractivity contribution in [1.29, 1.82) is 0 Å². The van der Waals surface area contributed by atoms with Gasteiger partial charge in [-0.3, -0.25) is 4.99 Å². The van der Waals surface area contributed by atoms with Gasteiger partial charge in [0.25, 0.3) is 0 Å². The van der Waals surface area contributed by atoms with E-state index in [-0.39, 0.29) is 11.3 Å². The molecule has 0 saturated heterocycles. The highest BCUT2D eigenvalue weighted by Gasteiger charge is 2.34. The fraction of sp³-hybridized carbons (Fsp3) is 0.357. The number of alkyl halides is 3. The molecule has 10 heteroatoms. The van der Waals surface area contributed by atoms with Crippen molar-refractivity contribution >= 4 is 17.5 Å². The summed E-state index contributed by atoms with van der Waals surface area (Å²) < 4.78 is 52.5. The van der Waals surface area contributed by atoms with E-state index in [2.05, 4.69) is 10.3 Å². The molecule has 132 valence electrons. The molecule has 2 rings (SSSR count). The number of nitrogens with zero attached hydrogens (tertiary/aromatic N) is 1. The number of hydrogen-bond acceptors (Lipinski definition) is 6. The molecule has 1 aromatic carbocycles. The average molecular weight is 366 g/mol. The van der Waals surface area contributed by atoms with Crippen molar-refractivity contribution in [2.24, 2.45) is 4.99 Å². The molecule has 1 aliphatic heterocycles. The Bertz CT molecular complexity index is 691. The van der Waals surface area contributed by atoms with E-state index < -0.39 is 46.5 Å². The van der Waals surface area contributed by atoms with E-state index in [0.29, 0.717) is 11.8 Å². The summed E-state index contributed by atoms with van der Waals surface area (Å²) in [6, 6.07) is 2.61. The number of aliphatic imine (C=N–C) groups is 1. The Morgan fingerprint density at radius 2 is 2.00 bits per heavy atom. The zero-order valence-electron chi connectivity index (χ0n) is 12.3. The lowest BCUT2D eigenvalue weighted by atomic mass is 10.1. The van der Waals surface area contributed by atoms with Crippen molar-refractivity contribution in [2.75, 3.05) is 0 Å². The highest BCUT2D eigenvalue weighted by atomic mass is 32.2. The molecule has 1 heterocycles. The first-order valence-corrected chi connectivity index (χ1v) is 7.62. The maximum absolute atomic E-state index is 13.7. The van der Waals surface area contributed by atoms with E-state index in [9.17, 15) is 32.9 Å². The van der Waals surface area contributed by atoms with Crippen molar-refractivity contribution in [2.45, 2.75) is 30.6 Å². The van der Waals surface area contributed by atoms with Crippen molar-refractivity contribution in [1.82, 2.24) is 5.32 Å². The number of rotatable bonds is 3. The number of hydrogen-bond donors (Lipinski definition) is 4. The highest BCUT2D eigenvalue weighted by Crippen LogP contribution is 2.34. The van der Waals surface area contributed by atoms with Gasteiger partial charge in [0.1, 0.15) is 11.3 Å². The Hall–Kier alpha value is -1.78. The predicted octanol–water partition coefficient (Wildman–Crippen LogP) is 2.51. The first kappa shape index (κ1) is 18.6. The van der Waals surface area contributed by atoms with Crippen LogP contribution in [0, 0.1) is 5.82 Å². The second-order valence-corrected chi connectivity index (χ2v) is 6.08. The highest BCUT2D eigenvalue weighted by molar-refractivity contribution is 8.00. The largest absolute Gasteiger partial charge is 0.494 e. The van der Waals surface area contributed by atoms with Gasteiger partial charge in [-0.25, -0.2) is 4.39 Å². The summed E-state index contributed by atoms with van der Waals surface area (Å²) >= 11 is 0.661. The van der Waals surface area contributed by atoms with Crippen molar-refractivity contribution < 1.29 is 32.9 Å². The van der Waals surface area contributed by atoms with Gasteiger partial charge in [-0.15, -0.1) is 0 Å². The zero-order valence-corrected chi connectivity index (χ0v) is 13.1. The number of nitrogens with one attached hydrogen (secondary N) is 1. The predicted molar refractivity (Wildman–Crippen MR) is 80.6 cm³/mol. The summed E-state index contributed by atoms with van der Waals surface area (Å²) in [5, 5.41) is 31.1. The molecular weight excluding hydrogens is 352 g/mol. The van der Waals surface area contributed by atoms with E-state index in [1.54, 1.807) is 0 Å². The fourth-order valence-electron chi connectivity index (χ4n) is 2.15. The molecule has 1 aliphatic rings. The summed E-state index contributed by atoms with van der Waals surface area (Å²) in [6.07, 6.45) is -4.73. The molecule has 2 unspecified atom stereocenters. The number of aliphatic hydroxyl groups is 3. The monoisotopic (exact) mass is 366 g/mol. The van der Waals surface area contributed by atoms with E-state index >= 15 is 0 Å². The number of thioether (sulfide) groups is 1. The van der Waals surface area contributed by atoms with Gasteiger partial charge in [-0.1, -0.05) is 17.8 Å². The average Bonchev–Trinajstić information content (AvgIpc) is 2.43. The van der Waals surface area contributed by atoms with Crippen LogP contribution in [0.3, 0.4) is 0 Å². The van der Waals surface area contributed by atoms with Crippen LogP contribution < -0.4 is 5.32 Å². The van der Waals surface area contributed by atoms with Gasteiger partial charge < -0.3 is 20.6 Å². The number of benzene rings is 1. The Labute approximate surface area is 138 Å². The summed E-state index contributed by atoms with van der Waals surface area (Å²) in [4.78, 5) is 3.84. The molecule has 2 atom stereocenters. The van der Waals surface area contributed by atoms with E-state index in [4.69, 9.17) is 0 Å². The summed E-state index contributed by atoms with van der Waals surface area (Å²) in [7, 11) is 0. The third-order valence-corrected chi connectivity index (χ3v) is 4.18. The van der Waals surface area contributed by atoms with Gasteiger partial charge in [0.15, 0.2) is 11.4 Å². The minimum atomic E-state index is -4.73. The molecule has 0 amide bonds. The first-order chi connectivity index (χ1) is 11.1. The van der Waals surface area contributed by atoms with Gasteiger partial charge >= 0.3 is 6.18 Å². The van der Waals surface area contributed by atoms with Crippen LogP contribution in [0.1, 0.15) is 18.1 Å². The summed E-state index contributed by atoms with van der Waals surface area (Å²) in [6.45, 7) is 0.729. The second kappa shape index (κ2) is 6.99. The SMILES string of the molecule is C/C(=N\Cc1c(F)cccc1C(F)(F)F)C1=C(O)NC(O)SC1O. The van der Waals surface area contributed by atoms with Gasteiger partial charge in [0, 0.05) is 11.3 Å². The van der Waals surface area contributed by atoms with E-state index in [1.165, 1.54) is 6.92 Å². The molecule has 0 saturated carbocycles. The molecule has 1 aromatic rings. The Morgan fingerprint density at radius 3 is 2.58 bits per heavy atom. The standard InChI is InChI=1S/C14H14F4N2O3S/c1-6(10-11(21)20-13(23)24-12(10)22)19-5-7-8(14(16,17)18)3-2-4-9(7)15/h2-4,12-13,20-23H,5H2,1H3/b19-6+. The van der Waals surface area contributed by atoms with Gasteiger partial charge in [0.2, 0.25) is 0 Å². The normalized spacial score (nSPS) is 22.5. The number of aliphatic hydroxyl groups excluding tert-OH is 3. The third-order valence-electron chi connectivity index (χ3n) is 3.31. The molecular formula is C14H14F4N2O3S. The molecule has 0 radical (unpaired) electrons. The molecule has 0 spiro atoms. The Balaban J connectivity index is 2.33. The third kappa shape index (κ3) is 4.00. The van der Waals surface area contributed by atoms with E-state index in [1.807, 2.05) is 0 Å². The minimum Gasteiger partial charge on any atom is -0.494 e. The fourth-order valence-corrected chi connectivity index (χ4v) is 3.00. The summed E-state index contributed by atoms with van der Waals surface area (Å²) in [5.74, 6) is -1.59. The van der Waals surface area contributed by atoms with Crippen LogP contribution in [0.2, 0.25) is 0 Å². The minimum absolute atomic E-state index is 0.0169. The molecule has 0 fully saturated rings. The zero-order chi connectivity index (χ0) is 18.1. The van der Waals surface area contributed by atoms with Crippen LogP contribution in [-0.2, 0) is 12.7 Å². The second-order valence-electron chi connectivity index (χ2n) is 4.91. The van der Waals surface area contributed by atoms with Crippen LogP contribution in [0.4, 0.5) is 17.6 Å². The molecule has 0 aliphatic carbocycles. The van der Waals surface area contributed by atoms with Gasteiger partial charge in [-0.05, 0) is 19.1 Å². The van der Waals surface area contributed by atoms with Gasteiger partial charge in [0.05, 0.1) is 17.7 Å². The van der Waals surface area contributed by atoms with Crippen molar-refractivity contribution in [3.63, 3.8) is 0 Å². The van der Waals surface area contributed by atoms with Gasteiger partial charge in [-0.2, -0.15) is 13.2 Å². The molecule has 5 nitrogen and oxygen atoms in total. The molecule has 0 bridgehead atoms. The van der Waals surface area contributed by atoms with Crippen LogP contribution in [0.25, 0.3) is 0 Å². The maximum atomic E-state index is 13.7. The Morgan fingerprint density at radius 1 is 1.33 bits per heavy atom. The van der Waals surface area contributed by atoms with Crippen molar-refractivity contribution in [3.05, 3.63) is 46.6 Å². The maximum Gasteiger partial charge on any atom is 0.416 e. The summed E-state index contributed by atoms with van der Waals surface area (Å²) in [5.41, 5.74) is -4.40. The first-order valence-electron chi connectivity index (χ1n) is 6.68. The lowest BCUT2D eigenvalue weighted by molar-refractivity contribution is -0.138. The molecule has 0 aromatic heterocycles.